The van der Waals surface area contributed by atoms with E-state index >= 15 is 0 Å². The molecule has 3 heteroatoms. The first kappa shape index (κ1) is 23.2. The number of rotatable bonds is 17. The highest BCUT2D eigenvalue weighted by molar-refractivity contribution is 7.13. The van der Waals surface area contributed by atoms with E-state index in [1.807, 2.05) is 6.07 Å². The van der Waals surface area contributed by atoms with Crippen molar-refractivity contribution >= 4 is 17.3 Å². The molecular formula is C23H40O2S. The monoisotopic (exact) mass is 380 g/mol. The van der Waals surface area contributed by atoms with Crippen LogP contribution in [-0.4, -0.2) is 13.1 Å². The Kier molecular flexibility index (Phi) is 14.6. The van der Waals surface area contributed by atoms with Gasteiger partial charge in [-0.15, -0.1) is 11.3 Å². The van der Waals surface area contributed by atoms with E-state index in [1.165, 1.54) is 108 Å². The van der Waals surface area contributed by atoms with Gasteiger partial charge in [0.25, 0.3) is 0 Å². The SMILES string of the molecule is CCCCCCCCCCCCCCCCCc1ccc(C(=O)OC)s1. The van der Waals surface area contributed by atoms with Gasteiger partial charge in [0.2, 0.25) is 0 Å². The van der Waals surface area contributed by atoms with Crippen molar-refractivity contribution in [3.63, 3.8) is 0 Å². The zero-order chi connectivity index (χ0) is 18.9. The van der Waals surface area contributed by atoms with Gasteiger partial charge in [0.1, 0.15) is 4.88 Å². The third kappa shape index (κ3) is 11.7. The summed E-state index contributed by atoms with van der Waals surface area (Å²) in [7, 11) is 1.44. The lowest BCUT2D eigenvalue weighted by molar-refractivity contribution is 0.0606. The molecule has 0 saturated carbocycles. The number of ether oxygens (including phenoxy) is 1. The van der Waals surface area contributed by atoms with Crippen molar-refractivity contribution in [1.29, 1.82) is 0 Å². The summed E-state index contributed by atoms with van der Waals surface area (Å²) in [4.78, 5) is 13.5. The molecule has 2 nitrogen and oxygen atoms in total. The van der Waals surface area contributed by atoms with E-state index in [0.717, 1.165) is 11.3 Å². The van der Waals surface area contributed by atoms with Crippen LogP contribution in [0.3, 0.4) is 0 Å². The van der Waals surface area contributed by atoms with E-state index in [0.29, 0.717) is 0 Å². The number of methoxy groups -OCH3 is 1. The summed E-state index contributed by atoms with van der Waals surface area (Å²) in [5.74, 6) is -0.210. The van der Waals surface area contributed by atoms with E-state index in [-0.39, 0.29) is 5.97 Å². The number of carbonyl (C=O) groups excluding carboxylic acids is 1. The highest BCUT2D eigenvalue weighted by atomic mass is 32.1. The number of carbonyl (C=O) groups is 1. The molecule has 0 aromatic carbocycles. The minimum atomic E-state index is -0.210. The minimum Gasteiger partial charge on any atom is -0.465 e. The molecule has 1 rings (SSSR count). The molecular weight excluding hydrogens is 340 g/mol. The Hall–Kier alpha value is -0.830. The Labute approximate surface area is 165 Å². The van der Waals surface area contributed by atoms with E-state index in [1.54, 1.807) is 11.3 Å². The quantitative estimate of drug-likeness (QED) is 0.202. The van der Waals surface area contributed by atoms with Crippen molar-refractivity contribution in [3.8, 4) is 0 Å². The second-order valence-electron chi connectivity index (χ2n) is 7.46. The van der Waals surface area contributed by atoms with Gasteiger partial charge in [-0.05, 0) is 25.0 Å². The van der Waals surface area contributed by atoms with Gasteiger partial charge in [0.05, 0.1) is 7.11 Å². The van der Waals surface area contributed by atoms with Gasteiger partial charge in [-0.25, -0.2) is 4.79 Å². The van der Waals surface area contributed by atoms with Crippen molar-refractivity contribution < 1.29 is 9.53 Å². The molecule has 1 heterocycles. The molecule has 1 aromatic heterocycles. The summed E-state index contributed by atoms with van der Waals surface area (Å²) in [6, 6.07) is 3.96. The predicted molar refractivity (Wildman–Crippen MR) is 114 cm³/mol. The van der Waals surface area contributed by atoms with Gasteiger partial charge >= 0.3 is 5.97 Å². The normalized spacial score (nSPS) is 11.0. The summed E-state index contributed by atoms with van der Waals surface area (Å²) in [6.07, 6.45) is 22.1. The standard InChI is InChI=1S/C23H40O2S/c1-3-4-5-6-7-8-9-10-11-12-13-14-15-16-17-18-21-19-20-22(26-21)23(24)25-2/h19-20H,3-18H2,1-2H3. The van der Waals surface area contributed by atoms with Crippen LogP contribution in [0.25, 0.3) is 0 Å². The Morgan fingerprint density at radius 3 is 1.69 bits per heavy atom. The first-order chi connectivity index (χ1) is 12.8. The summed E-state index contributed by atoms with van der Waals surface area (Å²) in [6.45, 7) is 2.28. The van der Waals surface area contributed by atoms with Gasteiger partial charge in [-0.2, -0.15) is 0 Å². The number of esters is 1. The summed E-state index contributed by atoms with van der Waals surface area (Å²) in [5, 5.41) is 0. The van der Waals surface area contributed by atoms with Crippen LogP contribution >= 0.6 is 11.3 Å². The van der Waals surface area contributed by atoms with Gasteiger partial charge in [0, 0.05) is 4.88 Å². The second-order valence-corrected chi connectivity index (χ2v) is 8.63. The van der Waals surface area contributed by atoms with Gasteiger partial charge < -0.3 is 4.74 Å². The van der Waals surface area contributed by atoms with Crippen LogP contribution < -0.4 is 0 Å². The van der Waals surface area contributed by atoms with Crippen LogP contribution in [0.15, 0.2) is 12.1 Å². The third-order valence-electron chi connectivity index (χ3n) is 5.07. The lowest BCUT2D eigenvalue weighted by atomic mass is 10.0. The minimum absolute atomic E-state index is 0.210. The zero-order valence-electron chi connectivity index (χ0n) is 17.2. The lowest BCUT2D eigenvalue weighted by Crippen LogP contribution is -1.96. The first-order valence-corrected chi connectivity index (χ1v) is 11.8. The third-order valence-corrected chi connectivity index (χ3v) is 6.20. The molecule has 1 aromatic rings. The Bertz CT molecular complexity index is 453. The van der Waals surface area contributed by atoms with E-state index in [9.17, 15) is 4.79 Å². The number of aryl methyl sites for hydroxylation is 1. The zero-order valence-corrected chi connectivity index (χ0v) is 18.0. The van der Waals surface area contributed by atoms with Crippen molar-refractivity contribution in [2.24, 2.45) is 0 Å². The Morgan fingerprint density at radius 1 is 0.769 bits per heavy atom. The molecule has 0 fully saturated rings. The molecule has 0 atom stereocenters. The highest BCUT2D eigenvalue weighted by Gasteiger charge is 2.08. The topological polar surface area (TPSA) is 26.3 Å². The average Bonchev–Trinajstić information content (AvgIpc) is 3.13. The van der Waals surface area contributed by atoms with E-state index in [4.69, 9.17) is 4.74 Å². The average molecular weight is 381 g/mol. The van der Waals surface area contributed by atoms with Gasteiger partial charge in [-0.3, -0.25) is 0 Å². The molecule has 0 N–H and O–H groups in total. The smallest absolute Gasteiger partial charge is 0.348 e. The molecule has 0 aliphatic rings. The molecule has 0 unspecified atom stereocenters. The maximum absolute atomic E-state index is 11.4. The van der Waals surface area contributed by atoms with Crippen molar-refractivity contribution in [2.45, 2.75) is 110 Å². The lowest BCUT2D eigenvalue weighted by Gasteiger charge is -2.03. The van der Waals surface area contributed by atoms with Crippen LogP contribution in [0.4, 0.5) is 0 Å². The molecule has 0 saturated heterocycles. The summed E-state index contributed by atoms with van der Waals surface area (Å²) in [5.41, 5.74) is 0. The second kappa shape index (κ2) is 16.4. The molecule has 0 radical (unpaired) electrons. The highest BCUT2D eigenvalue weighted by Crippen LogP contribution is 2.20. The predicted octanol–water partition coefficient (Wildman–Crippen LogP) is 7.95. The van der Waals surface area contributed by atoms with Gasteiger partial charge in [-0.1, -0.05) is 96.8 Å². The van der Waals surface area contributed by atoms with Crippen LogP contribution in [0.2, 0.25) is 0 Å². The Morgan fingerprint density at radius 2 is 1.23 bits per heavy atom. The largest absolute Gasteiger partial charge is 0.465 e. The van der Waals surface area contributed by atoms with Gasteiger partial charge in [0.15, 0.2) is 0 Å². The fourth-order valence-corrected chi connectivity index (χ4v) is 4.36. The molecule has 26 heavy (non-hydrogen) atoms. The maximum Gasteiger partial charge on any atom is 0.348 e. The Balaban J connectivity index is 1.82. The molecule has 0 amide bonds. The number of unbranched alkanes of at least 4 members (excludes halogenated alkanes) is 14. The fourth-order valence-electron chi connectivity index (χ4n) is 3.39. The van der Waals surface area contributed by atoms with Crippen LogP contribution in [-0.2, 0) is 11.2 Å². The summed E-state index contributed by atoms with van der Waals surface area (Å²) < 4.78 is 4.75. The molecule has 0 spiro atoms. The molecule has 0 aliphatic carbocycles. The maximum atomic E-state index is 11.4. The van der Waals surface area contributed by atoms with Crippen molar-refractivity contribution in [2.75, 3.05) is 7.11 Å². The molecule has 150 valence electrons. The molecule has 0 aliphatic heterocycles. The van der Waals surface area contributed by atoms with Crippen molar-refractivity contribution in [3.05, 3.63) is 21.9 Å². The summed E-state index contributed by atoms with van der Waals surface area (Å²) >= 11 is 1.58. The first-order valence-electron chi connectivity index (χ1n) is 10.9. The van der Waals surface area contributed by atoms with E-state index < -0.39 is 0 Å². The number of hydrogen-bond donors (Lipinski definition) is 0. The number of hydrogen-bond acceptors (Lipinski definition) is 3. The van der Waals surface area contributed by atoms with Crippen LogP contribution in [0.1, 0.15) is 118 Å². The fraction of sp³-hybridized carbons (Fsp3) is 0.783. The molecule has 0 bridgehead atoms. The van der Waals surface area contributed by atoms with Crippen molar-refractivity contribution in [1.82, 2.24) is 0 Å². The number of thiophene rings is 1. The van der Waals surface area contributed by atoms with Crippen LogP contribution in [0, 0.1) is 0 Å². The van der Waals surface area contributed by atoms with Crippen LogP contribution in [0.5, 0.6) is 0 Å². The van der Waals surface area contributed by atoms with E-state index in [2.05, 4.69) is 13.0 Å².